The van der Waals surface area contributed by atoms with Gasteiger partial charge in [-0.1, -0.05) is 0 Å². The van der Waals surface area contributed by atoms with E-state index < -0.39 is 5.60 Å². The molecule has 0 spiro atoms. The Labute approximate surface area is 121 Å². The monoisotopic (exact) mass is 277 g/mol. The number of piperidine rings is 1. The molecule has 2 atom stereocenters. The van der Waals surface area contributed by atoms with Crippen LogP contribution in [0.25, 0.3) is 0 Å². The molecule has 20 heavy (non-hydrogen) atoms. The van der Waals surface area contributed by atoms with Crippen molar-refractivity contribution < 1.29 is 9.84 Å². The van der Waals surface area contributed by atoms with E-state index >= 15 is 0 Å². The summed E-state index contributed by atoms with van der Waals surface area (Å²) in [4.78, 5) is 0. The maximum absolute atomic E-state index is 11.6. The highest BCUT2D eigenvalue weighted by Crippen LogP contribution is 2.65. The summed E-state index contributed by atoms with van der Waals surface area (Å²) in [5, 5.41) is 15.3. The topological polar surface area (TPSA) is 41.5 Å². The van der Waals surface area contributed by atoms with Crippen LogP contribution in [0.5, 0.6) is 0 Å². The van der Waals surface area contributed by atoms with Gasteiger partial charge in [-0.05, 0) is 69.1 Å². The predicted octanol–water partition coefficient (Wildman–Crippen LogP) is 2.08. The molecule has 3 heteroatoms. The van der Waals surface area contributed by atoms with Crippen molar-refractivity contribution in [2.75, 3.05) is 13.2 Å². The first-order chi connectivity index (χ1) is 9.64. The van der Waals surface area contributed by atoms with Gasteiger partial charge in [-0.3, -0.25) is 0 Å². The van der Waals surface area contributed by atoms with Crippen LogP contribution in [-0.2, 0) is 4.74 Å². The Hall–Kier alpha value is -0.120. The molecule has 0 amide bonds. The van der Waals surface area contributed by atoms with Crippen LogP contribution in [-0.4, -0.2) is 36.0 Å². The Morgan fingerprint density at radius 3 is 1.80 bits per heavy atom. The zero-order valence-electron chi connectivity index (χ0n) is 12.3. The molecule has 6 fully saturated rings. The molecule has 112 valence electrons. The minimum atomic E-state index is -0.409. The number of hydrogen-bond acceptors (Lipinski definition) is 3. The van der Waals surface area contributed by atoms with Gasteiger partial charge < -0.3 is 15.2 Å². The van der Waals surface area contributed by atoms with E-state index in [1.165, 1.54) is 38.5 Å². The summed E-state index contributed by atoms with van der Waals surface area (Å²) in [6.07, 6.45) is 10.2. The van der Waals surface area contributed by atoms with Gasteiger partial charge in [0.05, 0.1) is 18.8 Å². The van der Waals surface area contributed by atoms with Crippen molar-refractivity contribution in [1.29, 1.82) is 0 Å². The standard InChI is InChI=1S/C17H27NO2/c19-17(7-14-9-20-10-15(8-17)18-14)16-4-11-1-12(5-16)3-13(2-11)6-16/h11-15,18-19H,1-10H2. The van der Waals surface area contributed by atoms with E-state index in [0.29, 0.717) is 12.1 Å². The van der Waals surface area contributed by atoms with Gasteiger partial charge in [-0.25, -0.2) is 0 Å². The maximum Gasteiger partial charge on any atom is 0.0735 e. The number of rotatable bonds is 1. The Balaban J connectivity index is 1.49. The summed E-state index contributed by atoms with van der Waals surface area (Å²) in [6.45, 7) is 1.59. The van der Waals surface area contributed by atoms with Crippen molar-refractivity contribution in [1.82, 2.24) is 5.32 Å². The van der Waals surface area contributed by atoms with Gasteiger partial charge in [0.25, 0.3) is 0 Å². The Bertz CT molecular complexity index is 374. The van der Waals surface area contributed by atoms with Crippen LogP contribution in [0, 0.1) is 23.2 Å². The van der Waals surface area contributed by atoms with Crippen molar-refractivity contribution in [2.45, 2.75) is 69.1 Å². The first-order valence-electron chi connectivity index (χ1n) is 8.70. The highest BCUT2D eigenvalue weighted by Gasteiger charge is 2.61. The summed E-state index contributed by atoms with van der Waals surface area (Å²) in [6, 6.07) is 0.779. The van der Waals surface area contributed by atoms with Crippen LogP contribution >= 0.6 is 0 Å². The number of morpholine rings is 1. The zero-order chi connectivity index (χ0) is 13.4. The van der Waals surface area contributed by atoms with Gasteiger partial charge in [-0.15, -0.1) is 0 Å². The molecule has 6 rings (SSSR count). The van der Waals surface area contributed by atoms with E-state index in [0.717, 1.165) is 43.8 Å². The molecule has 0 aromatic heterocycles. The van der Waals surface area contributed by atoms with E-state index in [2.05, 4.69) is 5.32 Å². The van der Waals surface area contributed by atoms with E-state index in [4.69, 9.17) is 4.74 Å². The molecular weight excluding hydrogens is 250 g/mol. The SMILES string of the molecule is OC1(C23CC4CC(CC(C4)C2)C3)CC2COCC(C1)N2. The van der Waals surface area contributed by atoms with Crippen LogP contribution in [0.4, 0.5) is 0 Å². The second-order valence-electron chi connectivity index (χ2n) is 8.74. The van der Waals surface area contributed by atoms with E-state index in [1.807, 2.05) is 0 Å². The fraction of sp³-hybridized carbons (Fsp3) is 1.00. The average Bonchev–Trinajstić information content (AvgIpc) is 2.36. The lowest BCUT2D eigenvalue weighted by molar-refractivity contribution is -0.209. The highest BCUT2D eigenvalue weighted by atomic mass is 16.5. The molecule has 4 aliphatic carbocycles. The fourth-order valence-electron chi connectivity index (χ4n) is 7.03. The molecule has 2 heterocycles. The van der Waals surface area contributed by atoms with Crippen LogP contribution in [0.3, 0.4) is 0 Å². The third kappa shape index (κ3) is 1.63. The summed E-state index contributed by atoms with van der Waals surface area (Å²) < 4.78 is 5.68. The zero-order valence-corrected chi connectivity index (χ0v) is 12.3. The van der Waals surface area contributed by atoms with Crippen molar-refractivity contribution in [3.63, 3.8) is 0 Å². The average molecular weight is 277 g/mol. The lowest BCUT2D eigenvalue weighted by atomic mass is 9.44. The summed E-state index contributed by atoms with van der Waals surface area (Å²) in [5.41, 5.74) is -0.148. The van der Waals surface area contributed by atoms with Crippen molar-refractivity contribution in [3.05, 3.63) is 0 Å². The van der Waals surface area contributed by atoms with Crippen LogP contribution in [0.2, 0.25) is 0 Å². The lowest BCUT2D eigenvalue weighted by Gasteiger charge is -2.64. The van der Waals surface area contributed by atoms with Gasteiger partial charge in [0, 0.05) is 17.5 Å². The summed E-state index contributed by atoms with van der Waals surface area (Å²) in [5.74, 6) is 2.78. The fourth-order valence-corrected chi connectivity index (χ4v) is 7.03. The number of nitrogens with one attached hydrogen (secondary N) is 1. The van der Waals surface area contributed by atoms with Crippen molar-refractivity contribution in [3.8, 4) is 0 Å². The molecule has 2 unspecified atom stereocenters. The number of ether oxygens (including phenoxy) is 1. The van der Waals surface area contributed by atoms with Gasteiger partial charge in [0.2, 0.25) is 0 Å². The van der Waals surface area contributed by atoms with Crippen LogP contribution in [0.15, 0.2) is 0 Å². The molecule has 2 aliphatic heterocycles. The third-order valence-electron chi connectivity index (χ3n) is 7.30. The first kappa shape index (κ1) is 12.4. The first-order valence-corrected chi connectivity index (χ1v) is 8.70. The summed E-state index contributed by atoms with van der Waals surface area (Å²) >= 11 is 0. The number of aliphatic hydroxyl groups is 1. The largest absolute Gasteiger partial charge is 0.389 e. The Morgan fingerprint density at radius 2 is 1.30 bits per heavy atom. The van der Waals surface area contributed by atoms with E-state index in [-0.39, 0.29) is 5.41 Å². The molecule has 2 N–H and O–H groups in total. The molecule has 6 bridgehead atoms. The smallest absolute Gasteiger partial charge is 0.0735 e. The van der Waals surface area contributed by atoms with Crippen molar-refractivity contribution in [2.24, 2.45) is 23.2 Å². The lowest BCUT2D eigenvalue weighted by Crippen LogP contribution is -2.67. The van der Waals surface area contributed by atoms with Gasteiger partial charge in [0.1, 0.15) is 0 Å². The Kier molecular flexibility index (Phi) is 2.48. The van der Waals surface area contributed by atoms with Gasteiger partial charge in [-0.2, -0.15) is 0 Å². The second-order valence-corrected chi connectivity index (χ2v) is 8.74. The van der Waals surface area contributed by atoms with E-state index in [9.17, 15) is 5.11 Å². The molecule has 0 aromatic rings. The number of fused-ring (bicyclic) bond motifs is 2. The van der Waals surface area contributed by atoms with E-state index in [1.54, 1.807) is 0 Å². The normalized spacial score (nSPS) is 60.8. The van der Waals surface area contributed by atoms with Crippen LogP contribution in [0.1, 0.15) is 51.4 Å². The Morgan fingerprint density at radius 1 is 0.800 bits per heavy atom. The maximum atomic E-state index is 11.6. The minimum Gasteiger partial charge on any atom is -0.389 e. The van der Waals surface area contributed by atoms with Gasteiger partial charge in [0.15, 0.2) is 0 Å². The molecular formula is C17H27NO2. The quantitative estimate of drug-likeness (QED) is 0.771. The number of hydrogen-bond donors (Lipinski definition) is 2. The third-order valence-corrected chi connectivity index (χ3v) is 7.30. The van der Waals surface area contributed by atoms with Gasteiger partial charge >= 0.3 is 0 Å². The molecule has 3 nitrogen and oxygen atoms in total. The van der Waals surface area contributed by atoms with Crippen LogP contribution < -0.4 is 5.32 Å². The molecule has 6 aliphatic rings. The highest BCUT2D eigenvalue weighted by molar-refractivity contribution is 5.13. The van der Waals surface area contributed by atoms with Crippen molar-refractivity contribution >= 4 is 0 Å². The predicted molar refractivity (Wildman–Crippen MR) is 76.3 cm³/mol. The molecule has 0 aromatic carbocycles. The second kappa shape index (κ2) is 3.99. The minimum absolute atomic E-state index is 0.262. The molecule has 4 saturated carbocycles. The molecule has 2 saturated heterocycles. The summed E-state index contributed by atoms with van der Waals surface area (Å²) in [7, 11) is 0. The molecule has 0 radical (unpaired) electrons.